The Morgan fingerprint density at radius 3 is 2.40 bits per heavy atom. The van der Waals surface area contributed by atoms with Gasteiger partial charge in [0.25, 0.3) is 0 Å². The molecule has 1 heterocycles. The zero-order chi connectivity index (χ0) is 25.9. The van der Waals surface area contributed by atoms with E-state index >= 15 is 0 Å². The number of carbonyl (C=O) groups excluding carboxylic acids is 1. The van der Waals surface area contributed by atoms with Gasteiger partial charge in [-0.2, -0.15) is 0 Å². The quantitative estimate of drug-likeness (QED) is 0.377. The lowest BCUT2D eigenvalue weighted by atomic mass is 9.83. The topological polar surface area (TPSA) is 66.5 Å². The molecule has 0 fully saturated rings. The highest BCUT2D eigenvalue weighted by molar-refractivity contribution is 5.97. The van der Waals surface area contributed by atoms with E-state index in [4.69, 9.17) is 23.7 Å². The van der Waals surface area contributed by atoms with Gasteiger partial charge in [0, 0.05) is 7.11 Å². The largest absolute Gasteiger partial charge is 0.497 e. The molecule has 1 atom stereocenters. The number of ether oxygens (including phenoxy) is 5. The molecule has 0 N–H and O–H groups in total. The summed E-state index contributed by atoms with van der Waals surface area (Å²) in [5, 5.41) is 2.04. The molecular formula is C28H37NO6. The molecule has 1 aliphatic rings. The molecule has 0 aromatic heterocycles. The first-order chi connectivity index (χ1) is 16.5. The summed E-state index contributed by atoms with van der Waals surface area (Å²) in [7, 11) is 6.46. The molecule has 2 aromatic carbocycles. The van der Waals surface area contributed by atoms with Crippen LogP contribution in [-0.2, 0) is 31.9 Å². The zero-order valence-corrected chi connectivity index (χ0v) is 22.1. The molecule has 0 aliphatic carbocycles. The fourth-order valence-corrected chi connectivity index (χ4v) is 4.54. The van der Waals surface area contributed by atoms with E-state index in [-0.39, 0.29) is 12.1 Å². The van der Waals surface area contributed by atoms with Gasteiger partial charge in [-0.15, -0.1) is 0 Å². The fourth-order valence-electron chi connectivity index (χ4n) is 4.54. The van der Waals surface area contributed by atoms with Crippen LogP contribution in [0.25, 0.3) is 16.8 Å². The van der Waals surface area contributed by atoms with Crippen molar-refractivity contribution in [2.24, 2.45) is 0 Å². The third-order valence-electron chi connectivity index (χ3n) is 6.28. The standard InChI is InChI=1S/C28H37NO6/c1-17-22-12-19(16-31-6)29(27(30)35-28(3,4)5)15-25(22)21-11-10-20(33-8)13-24(21)23(17)14-26(34-9)18(2)32-7/h10-11,13-14,19H,2,12,15-16H2,1,3-9H3. The van der Waals surface area contributed by atoms with Gasteiger partial charge < -0.3 is 23.7 Å². The molecule has 1 aliphatic heterocycles. The van der Waals surface area contributed by atoms with Gasteiger partial charge in [0.05, 0.1) is 40.5 Å². The average molecular weight is 484 g/mol. The fraction of sp³-hybridized carbons (Fsp3) is 0.464. The first-order valence-electron chi connectivity index (χ1n) is 11.6. The van der Waals surface area contributed by atoms with Gasteiger partial charge in [-0.25, -0.2) is 4.79 Å². The first kappa shape index (κ1) is 26.4. The maximum absolute atomic E-state index is 13.2. The molecule has 0 saturated carbocycles. The van der Waals surface area contributed by atoms with Crippen molar-refractivity contribution in [2.45, 2.75) is 52.3 Å². The van der Waals surface area contributed by atoms with E-state index in [1.165, 1.54) is 5.56 Å². The van der Waals surface area contributed by atoms with Crippen LogP contribution in [0.3, 0.4) is 0 Å². The summed E-state index contributed by atoms with van der Waals surface area (Å²) in [6.45, 7) is 12.5. The van der Waals surface area contributed by atoms with E-state index in [0.717, 1.165) is 33.2 Å². The average Bonchev–Trinajstić information content (AvgIpc) is 2.82. The van der Waals surface area contributed by atoms with Crippen LogP contribution < -0.4 is 4.74 Å². The van der Waals surface area contributed by atoms with Gasteiger partial charge in [-0.1, -0.05) is 12.6 Å². The van der Waals surface area contributed by atoms with Crippen LogP contribution in [0, 0.1) is 6.92 Å². The van der Waals surface area contributed by atoms with Crippen molar-refractivity contribution in [2.75, 3.05) is 35.0 Å². The number of benzene rings is 2. The van der Waals surface area contributed by atoms with E-state index in [0.29, 0.717) is 31.1 Å². The summed E-state index contributed by atoms with van der Waals surface area (Å²) in [5.74, 6) is 1.72. The summed E-state index contributed by atoms with van der Waals surface area (Å²) < 4.78 is 27.7. The number of methoxy groups -OCH3 is 4. The summed E-state index contributed by atoms with van der Waals surface area (Å²) in [6, 6.07) is 5.85. The SMILES string of the molecule is C=C(OC)C(=Cc1c(C)c2c(c3ccc(OC)cc13)CN(C(=O)OC(C)(C)C)C(COC)C2)OC. The normalized spacial score (nSPS) is 16.1. The second-order valence-electron chi connectivity index (χ2n) is 9.67. The van der Waals surface area contributed by atoms with Gasteiger partial charge in [0.15, 0.2) is 11.5 Å². The number of nitrogens with zero attached hydrogens (tertiary/aromatic N) is 1. The lowest BCUT2D eigenvalue weighted by Crippen LogP contribution is -2.48. The van der Waals surface area contributed by atoms with Crippen LogP contribution >= 0.6 is 0 Å². The number of hydrogen-bond acceptors (Lipinski definition) is 6. The van der Waals surface area contributed by atoms with Crippen molar-refractivity contribution in [3.8, 4) is 5.75 Å². The Bertz CT molecular complexity index is 1140. The first-order valence-corrected chi connectivity index (χ1v) is 11.6. The maximum Gasteiger partial charge on any atom is 0.410 e. The van der Waals surface area contributed by atoms with Crippen molar-refractivity contribution in [3.05, 3.63) is 58.6 Å². The van der Waals surface area contributed by atoms with Gasteiger partial charge >= 0.3 is 6.09 Å². The Balaban J connectivity index is 2.26. The van der Waals surface area contributed by atoms with E-state index in [9.17, 15) is 4.79 Å². The molecule has 0 bridgehead atoms. The van der Waals surface area contributed by atoms with Gasteiger partial charge in [0.2, 0.25) is 0 Å². The van der Waals surface area contributed by atoms with Crippen LogP contribution in [0.5, 0.6) is 5.75 Å². The molecule has 1 unspecified atom stereocenters. The molecular weight excluding hydrogens is 446 g/mol. The Morgan fingerprint density at radius 1 is 1.11 bits per heavy atom. The minimum absolute atomic E-state index is 0.149. The third kappa shape index (κ3) is 5.56. The Morgan fingerprint density at radius 2 is 1.83 bits per heavy atom. The Hall–Kier alpha value is -3.19. The van der Waals surface area contributed by atoms with Crippen molar-refractivity contribution >= 4 is 22.9 Å². The van der Waals surface area contributed by atoms with Crippen molar-refractivity contribution in [1.29, 1.82) is 0 Å². The maximum atomic E-state index is 13.2. The summed E-state index contributed by atoms with van der Waals surface area (Å²) in [5.41, 5.74) is 3.79. The highest BCUT2D eigenvalue weighted by Crippen LogP contribution is 2.39. The van der Waals surface area contributed by atoms with Crippen LogP contribution in [0.15, 0.2) is 36.3 Å². The second-order valence-corrected chi connectivity index (χ2v) is 9.67. The number of carbonyl (C=O) groups is 1. The highest BCUT2D eigenvalue weighted by atomic mass is 16.6. The second kappa shape index (κ2) is 10.6. The molecule has 0 saturated heterocycles. The van der Waals surface area contributed by atoms with Crippen LogP contribution in [0.4, 0.5) is 4.79 Å². The molecule has 2 aromatic rings. The number of rotatable bonds is 7. The van der Waals surface area contributed by atoms with E-state index in [1.807, 2.05) is 45.0 Å². The molecule has 190 valence electrons. The molecule has 35 heavy (non-hydrogen) atoms. The summed E-state index contributed by atoms with van der Waals surface area (Å²) >= 11 is 0. The van der Waals surface area contributed by atoms with Crippen LogP contribution in [-0.4, -0.2) is 57.7 Å². The van der Waals surface area contributed by atoms with Gasteiger partial charge in [-0.05, 0) is 85.4 Å². The number of amides is 1. The molecule has 0 spiro atoms. The van der Waals surface area contributed by atoms with E-state index in [2.05, 4.69) is 13.5 Å². The summed E-state index contributed by atoms with van der Waals surface area (Å²) in [4.78, 5) is 14.9. The molecule has 1 amide bonds. The van der Waals surface area contributed by atoms with Crippen molar-refractivity contribution in [1.82, 2.24) is 4.90 Å². The number of fused-ring (bicyclic) bond motifs is 3. The smallest absolute Gasteiger partial charge is 0.410 e. The van der Waals surface area contributed by atoms with Gasteiger partial charge in [-0.3, -0.25) is 4.90 Å². The Labute approximate surface area is 208 Å². The molecule has 0 radical (unpaired) electrons. The monoisotopic (exact) mass is 483 g/mol. The number of hydrogen-bond donors (Lipinski definition) is 0. The zero-order valence-electron chi connectivity index (χ0n) is 22.1. The lowest BCUT2D eigenvalue weighted by molar-refractivity contribution is 0.00102. The molecule has 7 heteroatoms. The third-order valence-corrected chi connectivity index (χ3v) is 6.28. The minimum atomic E-state index is -0.588. The van der Waals surface area contributed by atoms with E-state index < -0.39 is 5.60 Å². The van der Waals surface area contributed by atoms with Crippen LogP contribution in [0.2, 0.25) is 0 Å². The van der Waals surface area contributed by atoms with Crippen molar-refractivity contribution in [3.63, 3.8) is 0 Å². The van der Waals surface area contributed by atoms with Crippen LogP contribution in [0.1, 0.15) is 43.0 Å². The minimum Gasteiger partial charge on any atom is -0.497 e. The predicted molar refractivity (Wildman–Crippen MR) is 138 cm³/mol. The Kier molecular flexibility index (Phi) is 8.00. The highest BCUT2D eigenvalue weighted by Gasteiger charge is 2.35. The predicted octanol–water partition coefficient (Wildman–Crippen LogP) is 5.61. The van der Waals surface area contributed by atoms with Gasteiger partial charge in [0.1, 0.15) is 11.4 Å². The van der Waals surface area contributed by atoms with E-state index in [1.54, 1.807) is 33.3 Å². The van der Waals surface area contributed by atoms with Crippen molar-refractivity contribution < 1.29 is 28.5 Å². The lowest BCUT2D eigenvalue weighted by Gasteiger charge is -2.39. The summed E-state index contributed by atoms with van der Waals surface area (Å²) in [6.07, 6.45) is 2.26. The molecule has 7 nitrogen and oxygen atoms in total. The molecule has 3 rings (SSSR count).